The lowest BCUT2D eigenvalue weighted by atomic mass is 10.3. The van der Waals surface area contributed by atoms with Gasteiger partial charge in [-0.3, -0.25) is 0 Å². The van der Waals surface area contributed by atoms with Gasteiger partial charge >= 0.3 is 0 Å². The van der Waals surface area contributed by atoms with Gasteiger partial charge in [-0.1, -0.05) is 11.6 Å². The van der Waals surface area contributed by atoms with Crippen molar-refractivity contribution >= 4 is 17.3 Å². The number of hydrogen-bond acceptors (Lipinski definition) is 3. The van der Waals surface area contributed by atoms with E-state index in [1.165, 1.54) is 0 Å². The van der Waals surface area contributed by atoms with Crippen LogP contribution in [0, 0.1) is 0 Å². The van der Waals surface area contributed by atoms with Crippen LogP contribution in [-0.4, -0.2) is 25.4 Å². The molecule has 0 amide bonds. The van der Waals surface area contributed by atoms with Crippen LogP contribution in [0.15, 0.2) is 18.2 Å². The molecule has 3 nitrogen and oxygen atoms in total. The van der Waals surface area contributed by atoms with E-state index >= 15 is 0 Å². The molecule has 1 rings (SSSR count). The van der Waals surface area contributed by atoms with Crippen LogP contribution in [0.5, 0.6) is 5.75 Å². The third kappa shape index (κ3) is 3.09. The molecule has 1 aromatic rings. The van der Waals surface area contributed by atoms with E-state index in [1.54, 1.807) is 19.2 Å². The zero-order valence-electron chi connectivity index (χ0n) is 8.09. The summed E-state index contributed by atoms with van der Waals surface area (Å²) in [6.07, 6.45) is 0.704. The second-order valence-electron chi connectivity index (χ2n) is 2.85. The fourth-order valence-electron chi connectivity index (χ4n) is 1.12. The Labute approximate surface area is 88.7 Å². The maximum absolute atomic E-state index is 8.63. The maximum Gasteiger partial charge on any atom is 0.142 e. The normalized spacial score (nSPS) is 9.93. The van der Waals surface area contributed by atoms with E-state index in [9.17, 15) is 0 Å². The minimum atomic E-state index is 0.176. The van der Waals surface area contributed by atoms with Crippen LogP contribution in [0.4, 0.5) is 5.69 Å². The Bertz CT molecular complexity index is 291. The average molecular weight is 216 g/mol. The molecular weight excluding hydrogens is 202 g/mol. The van der Waals surface area contributed by atoms with Gasteiger partial charge in [0.1, 0.15) is 5.75 Å². The van der Waals surface area contributed by atoms with E-state index in [0.717, 1.165) is 11.4 Å². The predicted molar refractivity (Wildman–Crippen MR) is 58.2 cm³/mol. The molecule has 78 valence electrons. The summed E-state index contributed by atoms with van der Waals surface area (Å²) in [5, 5.41) is 12.4. The van der Waals surface area contributed by atoms with Crippen molar-refractivity contribution in [1.29, 1.82) is 0 Å². The number of hydrogen-bond donors (Lipinski definition) is 2. The summed E-state index contributed by atoms with van der Waals surface area (Å²) < 4.78 is 5.15. The molecule has 0 saturated heterocycles. The fraction of sp³-hybridized carbons (Fsp3) is 0.400. The van der Waals surface area contributed by atoms with Crippen LogP contribution in [-0.2, 0) is 0 Å². The number of ether oxygens (including phenoxy) is 1. The number of aliphatic hydroxyl groups is 1. The molecular formula is C10H14ClNO2. The summed E-state index contributed by atoms with van der Waals surface area (Å²) in [6.45, 7) is 0.878. The van der Waals surface area contributed by atoms with Gasteiger partial charge in [-0.2, -0.15) is 0 Å². The van der Waals surface area contributed by atoms with Crippen molar-refractivity contribution in [3.63, 3.8) is 0 Å². The van der Waals surface area contributed by atoms with Crippen LogP contribution in [0.1, 0.15) is 6.42 Å². The van der Waals surface area contributed by atoms with Crippen molar-refractivity contribution in [1.82, 2.24) is 0 Å². The van der Waals surface area contributed by atoms with Crippen LogP contribution in [0.2, 0.25) is 5.02 Å². The SMILES string of the molecule is COc1ccc(Cl)cc1NCCCO. The Hall–Kier alpha value is -0.930. The van der Waals surface area contributed by atoms with Gasteiger partial charge in [0.2, 0.25) is 0 Å². The Morgan fingerprint density at radius 2 is 2.29 bits per heavy atom. The smallest absolute Gasteiger partial charge is 0.142 e. The van der Waals surface area contributed by atoms with Crippen LogP contribution < -0.4 is 10.1 Å². The number of aliphatic hydroxyl groups excluding tert-OH is 1. The molecule has 0 saturated carbocycles. The monoisotopic (exact) mass is 215 g/mol. The van der Waals surface area contributed by atoms with E-state index < -0.39 is 0 Å². The minimum absolute atomic E-state index is 0.176. The molecule has 2 N–H and O–H groups in total. The zero-order valence-corrected chi connectivity index (χ0v) is 8.84. The van der Waals surface area contributed by atoms with Gasteiger partial charge in [0, 0.05) is 18.2 Å². The summed E-state index contributed by atoms with van der Waals surface area (Å²) in [5.41, 5.74) is 0.855. The van der Waals surface area contributed by atoms with Gasteiger partial charge in [-0.05, 0) is 24.6 Å². The van der Waals surface area contributed by atoms with E-state index in [1.807, 2.05) is 6.07 Å². The highest BCUT2D eigenvalue weighted by molar-refractivity contribution is 6.30. The summed E-state index contributed by atoms with van der Waals surface area (Å²) in [6, 6.07) is 5.39. The van der Waals surface area contributed by atoms with Crippen LogP contribution in [0.25, 0.3) is 0 Å². The van der Waals surface area contributed by atoms with Gasteiger partial charge in [-0.15, -0.1) is 0 Å². The molecule has 4 heteroatoms. The molecule has 0 bridgehead atoms. The number of rotatable bonds is 5. The highest BCUT2D eigenvalue weighted by Crippen LogP contribution is 2.27. The third-order valence-corrected chi connectivity index (χ3v) is 2.05. The Balaban J connectivity index is 2.67. The second-order valence-corrected chi connectivity index (χ2v) is 3.28. The molecule has 0 radical (unpaired) electrons. The lowest BCUT2D eigenvalue weighted by Crippen LogP contribution is -2.04. The summed E-state index contributed by atoms with van der Waals surface area (Å²) in [7, 11) is 1.61. The van der Waals surface area contributed by atoms with Gasteiger partial charge in [0.15, 0.2) is 0 Å². The highest BCUT2D eigenvalue weighted by Gasteiger charge is 2.02. The van der Waals surface area contributed by atoms with Crippen molar-refractivity contribution in [2.75, 3.05) is 25.6 Å². The molecule has 0 aromatic heterocycles. The number of methoxy groups -OCH3 is 1. The standard InChI is InChI=1S/C10H14ClNO2/c1-14-10-4-3-8(11)7-9(10)12-5-2-6-13/h3-4,7,12-13H,2,5-6H2,1H3. The first kappa shape index (κ1) is 11.1. The van der Waals surface area contributed by atoms with Gasteiger partial charge in [0.05, 0.1) is 12.8 Å². The Morgan fingerprint density at radius 3 is 2.93 bits per heavy atom. The summed E-state index contributed by atoms with van der Waals surface area (Å²) >= 11 is 5.84. The van der Waals surface area contributed by atoms with Crippen LogP contribution in [0.3, 0.4) is 0 Å². The van der Waals surface area contributed by atoms with Crippen LogP contribution >= 0.6 is 11.6 Å². The first-order valence-corrected chi connectivity index (χ1v) is 4.84. The molecule has 0 aliphatic heterocycles. The molecule has 0 spiro atoms. The number of benzene rings is 1. The number of halogens is 1. The summed E-state index contributed by atoms with van der Waals surface area (Å²) in [4.78, 5) is 0. The number of anilines is 1. The number of nitrogens with one attached hydrogen (secondary N) is 1. The maximum atomic E-state index is 8.63. The van der Waals surface area contributed by atoms with Crippen molar-refractivity contribution in [3.05, 3.63) is 23.2 Å². The first-order valence-electron chi connectivity index (χ1n) is 4.46. The fourth-order valence-corrected chi connectivity index (χ4v) is 1.29. The van der Waals surface area contributed by atoms with Gasteiger partial charge in [0.25, 0.3) is 0 Å². The zero-order chi connectivity index (χ0) is 10.4. The molecule has 14 heavy (non-hydrogen) atoms. The topological polar surface area (TPSA) is 41.5 Å². The molecule has 0 unspecified atom stereocenters. The van der Waals surface area contributed by atoms with Crippen molar-refractivity contribution in [3.8, 4) is 5.75 Å². The molecule has 0 heterocycles. The summed E-state index contributed by atoms with van der Waals surface area (Å²) in [5.74, 6) is 0.757. The van der Waals surface area contributed by atoms with Crippen molar-refractivity contribution in [2.45, 2.75) is 6.42 Å². The van der Waals surface area contributed by atoms with E-state index in [4.69, 9.17) is 21.4 Å². The predicted octanol–water partition coefficient (Wildman–Crippen LogP) is 2.14. The van der Waals surface area contributed by atoms with Gasteiger partial charge in [-0.25, -0.2) is 0 Å². The van der Waals surface area contributed by atoms with Gasteiger partial charge < -0.3 is 15.2 Å². The minimum Gasteiger partial charge on any atom is -0.495 e. The largest absolute Gasteiger partial charge is 0.495 e. The molecule has 0 fully saturated rings. The molecule has 0 atom stereocenters. The van der Waals surface area contributed by atoms with Crippen molar-refractivity contribution in [2.24, 2.45) is 0 Å². The third-order valence-electron chi connectivity index (χ3n) is 1.81. The lowest BCUT2D eigenvalue weighted by Gasteiger charge is -2.10. The second kappa shape index (κ2) is 5.73. The van der Waals surface area contributed by atoms with Crippen molar-refractivity contribution < 1.29 is 9.84 Å². The molecule has 0 aliphatic carbocycles. The first-order chi connectivity index (χ1) is 6.77. The van der Waals surface area contributed by atoms with E-state index in [2.05, 4.69) is 5.32 Å². The molecule has 0 aliphatic rings. The highest BCUT2D eigenvalue weighted by atomic mass is 35.5. The quantitative estimate of drug-likeness (QED) is 0.740. The average Bonchev–Trinajstić information content (AvgIpc) is 2.19. The Morgan fingerprint density at radius 1 is 1.50 bits per heavy atom. The van der Waals surface area contributed by atoms with E-state index in [-0.39, 0.29) is 6.61 Å². The van der Waals surface area contributed by atoms with E-state index in [0.29, 0.717) is 18.0 Å². The Kier molecular flexibility index (Phi) is 4.56. The molecule has 1 aromatic carbocycles. The lowest BCUT2D eigenvalue weighted by molar-refractivity contribution is 0.292.